The minimum absolute atomic E-state index is 0.118. The molecule has 1 fully saturated rings. The van der Waals surface area contributed by atoms with Gasteiger partial charge in [-0.05, 0) is 30.5 Å². The molecule has 2 rings (SSSR count). The third-order valence-corrected chi connectivity index (χ3v) is 3.59. The van der Waals surface area contributed by atoms with E-state index in [0.29, 0.717) is 12.1 Å². The molecule has 0 spiro atoms. The van der Waals surface area contributed by atoms with Crippen molar-refractivity contribution in [2.24, 2.45) is 5.92 Å². The number of benzene rings is 1. The van der Waals surface area contributed by atoms with E-state index in [9.17, 15) is 9.59 Å². The second kappa shape index (κ2) is 7.91. The molecule has 1 saturated carbocycles. The van der Waals surface area contributed by atoms with Gasteiger partial charge in [0, 0.05) is 32.2 Å². The van der Waals surface area contributed by atoms with Crippen LogP contribution in [0.25, 0.3) is 0 Å². The van der Waals surface area contributed by atoms with Crippen LogP contribution >= 0.6 is 0 Å². The zero-order valence-electron chi connectivity index (χ0n) is 12.9. The van der Waals surface area contributed by atoms with Crippen LogP contribution in [0.5, 0.6) is 0 Å². The number of nitrogens with one attached hydrogen (secondary N) is 2. The number of rotatable bonds is 8. The van der Waals surface area contributed by atoms with Crippen molar-refractivity contribution in [2.75, 3.05) is 20.8 Å². The van der Waals surface area contributed by atoms with Gasteiger partial charge in [-0.15, -0.1) is 0 Å². The third-order valence-electron chi connectivity index (χ3n) is 3.59. The average molecular weight is 306 g/mol. The zero-order valence-corrected chi connectivity index (χ0v) is 12.9. The van der Waals surface area contributed by atoms with Crippen molar-refractivity contribution in [2.45, 2.75) is 25.7 Å². The van der Waals surface area contributed by atoms with E-state index < -0.39 is 6.29 Å². The van der Waals surface area contributed by atoms with E-state index in [1.54, 1.807) is 12.1 Å². The lowest BCUT2D eigenvalue weighted by Gasteiger charge is -2.14. The molecule has 1 aliphatic carbocycles. The molecule has 22 heavy (non-hydrogen) atoms. The molecule has 0 saturated heterocycles. The number of carbonyl (C=O) groups excluding carboxylic acids is 2. The Morgan fingerprint density at radius 3 is 2.32 bits per heavy atom. The van der Waals surface area contributed by atoms with E-state index >= 15 is 0 Å². The first-order valence-electron chi connectivity index (χ1n) is 7.34. The van der Waals surface area contributed by atoms with Crippen molar-refractivity contribution in [1.29, 1.82) is 0 Å². The van der Waals surface area contributed by atoms with E-state index in [0.717, 1.165) is 18.4 Å². The summed E-state index contributed by atoms with van der Waals surface area (Å²) in [6, 6.07) is 7.16. The molecule has 1 aromatic rings. The maximum absolute atomic E-state index is 12.0. The molecule has 6 heteroatoms. The fraction of sp³-hybridized carbons (Fsp3) is 0.500. The molecule has 2 amide bonds. The van der Waals surface area contributed by atoms with E-state index in [1.807, 2.05) is 12.1 Å². The van der Waals surface area contributed by atoms with Crippen LogP contribution in [0.4, 0.5) is 0 Å². The summed E-state index contributed by atoms with van der Waals surface area (Å²) < 4.78 is 10.0. The van der Waals surface area contributed by atoms with E-state index in [-0.39, 0.29) is 24.3 Å². The van der Waals surface area contributed by atoms with Gasteiger partial charge in [0.1, 0.15) is 0 Å². The van der Waals surface area contributed by atoms with Crippen LogP contribution in [0.3, 0.4) is 0 Å². The highest BCUT2D eigenvalue weighted by molar-refractivity contribution is 5.94. The first-order chi connectivity index (χ1) is 10.6. The van der Waals surface area contributed by atoms with Gasteiger partial charge in [0.15, 0.2) is 6.29 Å². The number of ether oxygens (including phenoxy) is 2. The van der Waals surface area contributed by atoms with Crippen LogP contribution in [-0.4, -0.2) is 38.9 Å². The number of hydrogen-bond acceptors (Lipinski definition) is 4. The van der Waals surface area contributed by atoms with E-state index in [1.165, 1.54) is 14.2 Å². The predicted octanol–water partition coefficient (Wildman–Crippen LogP) is 1.06. The third kappa shape index (κ3) is 4.82. The summed E-state index contributed by atoms with van der Waals surface area (Å²) in [6.45, 7) is 0.775. The summed E-state index contributed by atoms with van der Waals surface area (Å²) in [4.78, 5) is 23.5. The summed E-state index contributed by atoms with van der Waals surface area (Å²) in [5.74, 6) is 0.138. The summed E-state index contributed by atoms with van der Waals surface area (Å²) in [6.07, 6.45) is 1.53. The number of hydrogen-bond donors (Lipinski definition) is 2. The van der Waals surface area contributed by atoms with Crippen molar-refractivity contribution in [1.82, 2.24) is 10.6 Å². The average Bonchev–Trinajstić information content (AvgIpc) is 3.39. The molecule has 0 aromatic heterocycles. The fourth-order valence-corrected chi connectivity index (χ4v) is 1.99. The monoisotopic (exact) mass is 306 g/mol. The summed E-state index contributed by atoms with van der Waals surface area (Å²) in [5, 5.41) is 5.63. The highest BCUT2D eigenvalue weighted by Gasteiger charge is 2.29. The molecule has 2 N–H and O–H groups in total. The molecule has 1 aromatic carbocycles. The topological polar surface area (TPSA) is 76.7 Å². The summed E-state index contributed by atoms with van der Waals surface area (Å²) in [7, 11) is 3.04. The maximum Gasteiger partial charge on any atom is 0.251 e. The molecule has 0 aliphatic heterocycles. The van der Waals surface area contributed by atoms with Crippen molar-refractivity contribution in [3.05, 3.63) is 35.4 Å². The number of carbonyl (C=O) groups is 2. The Morgan fingerprint density at radius 2 is 1.77 bits per heavy atom. The number of methoxy groups -OCH3 is 2. The second-order valence-electron chi connectivity index (χ2n) is 5.30. The Morgan fingerprint density at radius 1 is 1.14 bits per heavy atom. The highest BCUT2D eigenvalue weighted by atomic mass is 16.7. The zero-order chi connectivity index (χ0) is 15.9. The van der Waals surface area contributed by atoms with Gasteiger partial charge < -0.3 is 20.1 Å². The Bertz CT molecular complexity index is 507. The molecule has 6 nitrogen and oxygen atoms in total. The normalized spacial score (nSPS) is 14.0. The van der Waals surface area contributed by atoms with Crippen LogP contribution in [-0.2, 0) is 20.8 Å². The lowest BCUT2D eigenvalue weighted by molar-refractivity contribution is -0.122. The summed E-state index contributed by atoms with van der Waals surface area (Å²) in [5.41, 5.74) is 1.53. The Labute approximate surface area is 130 Å². The minimum atomic E-state index is -0.458. The van der Waals surface area contributed by atoms with Gasteiger partial charge in [0.25, 0.3) is 5.91 Å². The van der Waals surface area contributed by atoms with Crippen LogP contribution in [0, 0.1) is 5.92 Å². The molecular formula is C16H22N2O4. The molecule has 0 heterocycles. The van der Waals surface area contributed by atoms with Crippen molar-refractivity contribution in [3.63, 3.8) is 0 Å². The molecule has 1 aliphatic rings. The lowest BCUT2D eigenvalue weighted by atomic mass is 10.1. The highest BCUT2D eigenvalue weighted by Crippen LogP contribution is 2.28. The standard InChI is InChI=1S/C16H22N2O4/c1-21-14(22-2)10-18-16(20)12-5-3-11(4-6-12)9-17-15(19)13-7-8-13/h3-6,13-14H,7-10H2,1-2H3,(H,17,19)(H,18,20). The Hall–Kier alpha value is -1.92. The van der Waals surface area contributed by atoms with Gasteiger partial charge in [-0.2, -0.15) is 0 Å². The first kappa shape index (κ1) is 16.5. The van der Waals surface area contributed by atoms with Gasteiger partial charge in [0.2, 0.25) is 5.91 Å². The van der Waals surface area contributed by atoms with Crippen molar-refractivity contribution < 1.29 is 19.1 Å². The van der Waals surface area contributed by atoms with Gasteiger partial charge in [0.05, 0.1) is 6.54 Å². The second-order valence-corrected chi connectivity index (χ2v) is 5.30. The molecule has 0 radical (unpaired) electrons. The molecule has 0 atom stereocenters. The van der Waals surface area contributed by atoms with Crippen LogP contribution in [0.15, 0.2) is 24.3 Å². The largest absolute Gasteiger partial charge is 0.354 e. The van der Waals surface area contributed by atoms with Gasteiger partial charge in [-0.1, -0.05) is 12.1 Å². The smallest absolute Gasteiger partial charge is 0.251 e. The van der Waals surface area contributed by atoms with Crippen LogP contribution in [0.1, 0.15) is 28.8 Å². The summed E-state index contributed by atoms with van der Waals surface area (Å²) >= 11 is 0. The van der Waals surface area contributed by atoms with Crippen molar-refractivity contribution >= 4 is 11.8 Å². The van der Waals surface area contributed by atoms with E-state index in [4.69, 9.17) is 9.47 Å². The lowest BCUT2D eigenvalue weighted by Crippen LogP contribution is -2.34. The van der Waals surface area contributed by atoms with Gasteiger partial charge in [-0.3, -0.25) is 9.59 Å². The number of amides is 2. The molecule has 0 unspecified atom stereocenters. The molecule has 120 valence electrons. The van der Waals surface area contributed by atoms with Gasteiger partial charge >= 0.3 is 0 Å². The first-order valence-corrected chi connectivity index (χ1v) is 7.34. The predicted molar refractivity (Wildman–Crippen MR) is 81.2 cm³/mol. The van der Waals surface area contributed by atoms with Gasteiger partial charge in [-0.25, -0.2) is 0 Å². The van der Waals surface area contributed by atoms with Crippen LogP contribution < -0.4 is 10.6 Å². The maximum atomic E-state index is 12.0. The Kier molecular flexibility index (Phi) is 5.91. The van der Waals surface area contributed by atoms with Crippen LogP contribution in [0.2, 0.25) is 0 Å². The molecular weight excluding hydrogens is 284 g/mol. The van der Waals surface area contributed by atoms with E-state index in [2.05, 4.69) is 10.6 Å². The Balaban J connectivity index is 1.79. The minimum Gasteiger partial charge on any atom is -0.354 e. The quantitative estimate of drug-likeness (QED) is 0.704. The van der Waals surface area contributed by atoms with Crippen molar-refractivity contribution in [3.8, 4) is 0 Å². The SMILES string of the molecule is COC(CNC(=O)c1ccc(CNC(=O)C2CC2)cc1)OC. The fourth-order valence-electron chi connectivity index (χ4n) is 1.99. The molecule has 0 bridgehead atoms.